The van der Waals surface area contributed by atoms with Gasteiger partial charge in [-0.25, -0.2) is 4.98 Å². The van der Waals surface area contributed by atoms with Crippen LogP contribution in [-0.4, -0.2) is 28.6 Å². The van der Waals surface area contributed by atoms with Crippen LogP contribution in [0.15, 0.2) is 24.3 Å². The zero-order chi connectivity index (χ0) is 12.3. The number of hydrogen-bond acceptors (Lipinski definition) is 4. The SMILES string of the molecule is CC(CCO)NC(=O)c1nc2ccccc2s1. The number of rotatable bonds is 4. The summed E-state index contributed by atoms with van der Waals surface area (Å²) in [6.45, 7) is 1.93. The lowest BCUT2D eigenvalue weighted by Gasteiger charge is -2.10. The monoisotopic (exact) mass is 250 g/mol. The standard InChI is InChI=1S/C12H14N2O2S/c1-8(6-7-15)13-11(16)12-14-9-4-2-3-5-10(9)17-12/h2-5,8,15H,6-7H2,1H3,(H,13,16). The number of nitrogens with one attached hydrogen (secondary N) is 1. The lowest BCUT2D eigenvalue weighted by molar-refractivity contribution is 0.0934. The van der Waals surface area contributed by atoms with Crippen molar-refractivity contribution in [2.75, 3.05) is 6.61 Å². The van der Waals surface area contributed by atoms with Crippen LogP contribution in [-0.2, 0) is 0 Å². The lowest BCUT2D eigenvalue weighted by Crippen LogP contribution is -2.33. The number of aliphatic hydroxyl groups excluding tert-OH is 1. The molecule has 1 atom stereocenters. The van der Waals surface area contributed by atoms with Crippen LogP contribution < -0.4 is 5.32 Å². The second-order valence-corrected chi connectivity index (χ2v) is 4.90. The number of thiazole rings is 1. The first kappa shape index (κ1) is 12.0. The van der Waals surface area contributed by atoms with Gasteiger partial charge in [0.05, 0.1) is 10.2 Å². The summed E-state index contributed by atoms with van der Waals surface area (Å²) >= 11 is 1.38. The number of hydrogen-bond donors (Lipinski definition) is 2. The number of nitrogens with zero attached hydrogens (tertiary/aromatic N) is 1. The molecule has 0 saturated heterocycles. The first-order chi connectivity index (χ1) is 8.20. The van der Waals surface area contributed by atoms with Gasteiger partial charge in [-0.1, -0.05) is 12.1 Å². The average molecular weight is 250 g/mol. The lowest BCUT2D eigenvalue weighted by atomic mass is 10.2. The number of carbonyl (C=O) groups is 1. The van der Waals surface area contributed by atoms with E-state index >= 15 is 0 Å². The van der Waals surface area contributed by atoms with E-state index in [1.54, 1.807) is 0 Å². The molecule has 17 heavy (non-hydrogen) atoms. The Bertz CT molecular complexity index is 491. The third kappa shape index (κ3) is 2.81. The zero-order valence-corrected chi connectivity index (χ0v) is 10.3. The van der Waals surface area contributed by atoms with Crippen molar-refractivity contribution in [3.63, 3.8) is 0 Å². The molecular weight excluding hydrogens is 236 g/mol. The van der Waals surface area contributed by atoms with Gasteiger partial charge >= 0.3 is 0 Å². The van der Waals surface area contributed by atoms with Crippen LogP contribution in [0.5, 0.6) is 0 Å². The van der Waals surface area contributed by atoms with Crippen molar-refractivity contribution in [1.29, 1.82) is 0 Å². The van der Waals surface area contributed by atoms with Crippen LogP contribution in [0.25, 0.3) is 10.2 Å². The topological polar surface area (TPSA) is 62.2 Å². The molecule has 1 aromatic carbocycles. The maximum Gasteiger partial charge on any atom is 0.280 e. The summed E-state index contributed by atoms with van der Waals surface area (Å²) in [4.78, 5) is 16.1. The third-order valence-corrected chi connectivity index (χ3v) is 3.46. The quantitative estimate of drug-likeness (QED) is 0.869. The van der Waals surface area contributed by atoms with Crippen molar-refractivity contribution in [2.45, 2.75) is 19.4 Å². The maximum absolute atomic E-state index is 11.9. The van der Waals surface area contributed by atoms with E-state index in [4.69, 9.17) is 5.11 Å². The van der Waals surface area contributed by atoms with Crippen LogP contribution in [0, 0.1) is 0 Å². The molecule has 5 heteroatoms. The second kappa shape index (κ2) is 5.25. The van der Waals surface area contributed by atoms with Gasteiger partial charge in [-0.15, -0.1) is 11.3 Å². The van der Waals surface area contributed by atoms with Gasteiger partial charge in [-0.2, -0.15) is 0 Å². The van der Waals surface area contributed by atoms with Gasteiger partial charge in [0, 0.05) is 12.6 Å². The van der Waals surface area contributed by atoms with Crippen LogP contribution in [0.4, 0.5) is 0 Å². The van der Waals surface area contributed by atoms with Crippen LogP contribution in [0.1, 0.15) is 23.1 Å². The van der Waals surface area contributed by atoms with E-state index in [9.17, 15) is 4.79 Å². The normalized spacial score (nSPS) is 12.6. The van der Waals surface area contributed by atoms with Crippen molar-refractivity contribution < 1.29 is 9.90 Å². The molecule has 4 nitrogen and oxygen atoms in total. The molecule has 90 valence electrons. The number of carbonyl (C=O) groups excluding carboxylic acids is 1. The number of aromatic nitrogens is 1. The van der Waals surface area contributed by atoms with Crippen molar-refractivity contribution in [2.24, 2.45) is 0 Å². The Morgan fingerprint density at radius 3 is 3.00 bits per heavy atom. The molecule has 0 aliphatic rings. The molecule has 0 saturated carbocycles. The molecule has 0 bridgehead atoms. The molecule has 2 rings (SSSR count). The predicted molar refractivity (Wildman–Crippen MR) is 68.3 cm³/mol. The smallest absolute Gasteiger partial charge is 0.280 e. The van der Waals surface area contributed by atoms with E-state index in [1.165, 1.54) is 11.3 Å². The van der Waals surface area contributed by atoms with Gasteiger partial charge in [0.25, 0.3) is 5.91 Å². The number of amides is 1. The first-order valence-corrected chi connectivity index (χ1v) is 6.29. The molecular formula is C12H14N2O2S. The molecule has 0 spiro atoms. The van der Waals surface area contributed by atoms with Gasteiger partial charge in [-0.3, -0.25) is 4.79 Å². The number of fused-ring (bicyclic) bond motifs is 1. The molecule has 0 aliphatic carbocycles. The molecule has 2 N–H and O–H groups in total. The van der Waals surface area contributed by atoms with Crippen molar-refractivity contribution in [3.05, 3.63) is 29.3 Å². The summed E-state index contributed by atoms with van der Waals surface area (Å²) in [6, 6.07) is 7.62. The van der Waals surface area contributed by atoms with Gasteiger partial charge in [0.2, 0.25) is 0 Å². The summed E-state index contributed by atoms with van der Waals surface area (Å²) in [7, 11) is 0. The Morgan fingerprint density at radius 1 is 1.53 bits per heavy atom. The van der Waals surface area contributed by atoms with Gasteiger partial charge in [-0.05, 0) is 25.5 Å². The molecule has 1 unspecified atom stereocenters. The minimum absolute atomic E-state index is 0.0421. The van der Waals surface area contributed by atoms with Crippen LogP contribution >= 0.6 is 11.3 Å². The highest BCUT2D eigenvalue weighted by atomic mass is 32.1. The van der Waals surface area contributed by atoms with E-state index in [0.29, 0.717) is 11.4 Å². The van der Waals surface area contributed by atoms with E-state index in [0.717, 1.165) is 10.2 Å². The predicted octanol–water partition coefficient (Wildman–Crippen LogP) is 1.80. The van der Waals surface area contributed by atoms with Crippen LogP contribution in [0.3, 0.4) is 0 Å². The Hall–Kier alpha value is -1.46. The van der Waals surface area contributed by atoms with Gasteiger partial charge in [0.1, 0.15) is 0 Å². The first-order valence-electron chi connectivity index (χ1n) is 5.48. The highest BCUT2D eigenvalue weighted by molar-refractivity contribution is 7.20. The number of para-hydroxylation sites is 1. The van der Waals surface area contributed by atoms with E-state index in [2.05, 4.69) is 10.3 Å². The average Bonchev–Trinajstić information content (AvgIpc) is 2.72. The Kier molecular flexibility index (Phi) is 3.71. The van der Waals surface area contributed by atoms with E-state index in [-0.39, 0.29) is 18.6 Å². The maximum atomic E-state index is 11.9. The van der Waals surface area contributed by atoms with Gasteiger partial charge in [0.15, 0.2) is 5.01 Å². The molecule has 1 aromatic heterocycles. The minimum atomic E-state index is -0.174. The fourth-order valence-corrected chi connectivity index (χ4v) is 2.39. The number of benzene rings is 1. The Morgan fingerprint density at radius 2 is 2.29 bits per heavy atom. The summed E-state index contributed by atoms with van der Waals surface area (Å²) < 4.78 is 1.01. The summed E-state index contributed by atoms with van der Waals surface area (Å²) in [5.74, 6) is -0.174. The largest absolute Gasteiger partial charge is 0.396 e. The van der Waals surface area contributed by atoms with Crippen molar-refractivity contribution in [3.8, 4) is 0 Å². The molecule has 2 aromatic rings. The van der Waals surface area contributed by atoms with Crippen molar-refractivity contribution in [1.82, 2.24) is 10.3 Å². The fraction of sp³-hybridized carbons (Fsp3) is 0.333. The fourth-order valence-electron chi connectivity index (χ4n) is 1.52. The highest BCUT2D eigenvalue weighted by Gasteiger charge is 2.13. The zero-order valence-electron chi connectivity index (χ0n) is 9.51. The number of aliphatic hydroxyl groups is 1. The molecule has 1 amide bonds. The molecule has 0 aliphatic heterocycles. The van der Waals surface area contributed by atoms with Crippen LogP contribution in [0.2, 0.25) is 0 Å². The summed E-state index contributed by atoms with van der Waals surface area (Å²) in [5.41, 5.74) is 0.845. The van der Waals surface area contributed by atoms with Crippen molar-refractivity contribution >= 4 is 27.5 Å². The second-order valence-electron chi connectivity index (χ2n) is 3.87. The summed E-state index contributed by atoms with van der Waals surface area (Å²) in [6.07, 6.45) is 0.552. The van der Waals surface area contributed by atoms with Gasteiger partial charge < -0.3 is 10.4 Å². The molecule has 0 radical (unpaired) electrons. The minimum Gasteiger partial charge on any atom is -0.396 e. The molecule has 0 fully saturated rings. The third-order valence-electron chi connectivity index (χ3n) is 2.43. The summed E-state index contributed by atoms with van der Waals surface area (Å²) in [5, 5.41) is 12.0. The Labute approximate surface area is 103 Å². The molecule has 1 heterocycles. The highest BCUT2D eigenvalue weighted by Crippen LogP contribution is 2.21. The van der Waals surface area contributed by atoms with E-state index < -0.39 is 0 Å². The Balaban J connectivity index is 2.13. The van der Waals surface area contributed by atoms with E-state index in [1.807, 2.05) is 31.2 Å².